The Balaban J connectivity index is 4.25. The predicted octanol–water partition coefficient (Wildman–Crippen LogP) is 1.14. The predicted molar refractivity (Wildman–Crippen MR) is 55.7 cm³/mol. The van der Waals surface area contributed by atoms with Gasteiger partial charge in [-0.15, -0.1) is 0 Å². The molecule has 2 N–H and O–H groups in total. The van der Waals surface area contributed by atoms with Gasteiger partial charge in [0.1, 0.15) is 0 Å². The van der Waals surface area contributed by atoms with E-state index in [-0.39, 0.29) is 0 Å². The summed E-state index contributed by atoms with van der Waals surface area (Å²) in [5.41, 5.74) is 0. The Morgan fingerprint density at radius 1 is 1.08 bits per heavy atom. The number of hydrogen-bond acceptors (Lipinski definition) is 4. The van der Waals surface area contributed by atoms with Crippen LogP contribution in [-0.2, 0) is 8.54 Å². The van der Waals surface area contributed by atoms with E-state index in [1.165, 1.54) is 0 Å². The van der Waals surface area contributed by atoms with Gasteiger partial charge < -0.3 is 18.4 Å². The molecule has 0 bridgehead atoms. The van der Waals surface area contributed by atoms with Crippen LogP contribution in [0, 0.1) is 0 Å². The van der Waals surface area contributed by atoms with E-state index in [2.05, 4.69) is 0 Å². The summed E-state index contributed by atoms with van der Waals surface area (Å²) in [6.07, 6.45) is 0. The van der Waals surface area contributed by atoms with Crippen molar-refractivity contribution in [2.75, 3.05) is 0 Å². The van der Waals surface area contributed by atoms with Crippen molar-refractivity contribution >= 4 is 17.1 Å². The van der Waals surface area contributed by atoms with E-state index in [1.54, 1.807) is 40.0 Å². The SMILES string of the molecule is CC(C)(O)O[Si](C)(C)O[Si](C)(C)O. The van der Waals surface area contributed by atoms with Crippen LogP contribution >= 0.6 is 0 Å². The Morgan fingerprint density at radius 2 is 1.46 bits per heavy atom. The molecule has 0 saturated carbocycles. The molecule has 0 aliphatic carbocycles. The van der Waals surface area contributed by atoms with Crippen LogP contribution in [0.3, 0.4) is 0 Å². The molecule has 0 aromatic rings. The summed E-state index contributed by atoms with van der Waals surface area (Å²) in [6, 6.07) is 0. The van der Waals surface area contributed by atoms with Crippen molar-refractivity contribution in [3.05, 3.63) is 0 Å². The fraction of sp³-hybridized carbons (Fsp3) is 1.00. The third kappa shape index (κ3) is 8.60. The van der Waals surface area contributed by atoms with E-state index < -0.39 is 22.9 Å². The molecule has 0 aromatic carbocycles. The van der Waals surface area contributed by atoms with Gasteiger partial charge >= 0.3 is 17.1 Å². The number of rotatable bonds is 4. The van der Waals surface area contributed by atoms with Crippen LogP contribution in [-0.4, -0.2) is 32.8 Å². The first-order chi connectivity index (χ1) is 5.41. The number of aliphatic hydroxyl groups is 1. The van der Waals surface area contributed by atoms with E-state index in [0.29, 0.717) is 0 Å². The Bertz CT molecular complexity index is 150. The lowest BCUT2D eigenvalue weighted by molar-refractivity contribution is -0.121. The molecule has 0 radical (unpaired) electrons. The van der Waals surface area contributed by atoms with Crippen molar-refractivity contribution in [1.82, 2.24) is 0 Å². The molecule has 0 amide bonds. The zero-order valence-electron chi connectivity index (χ0n) is 9.21. The lowest BCUT2D eigenvalue weighted by Crippen LogP contribution is -2.50. The Labute approximate surface area is 82.0 Å². The summed E-state index contributed by atoms with van der Waals surface area (Å²) in [5, 5.41) is 9.42. The second-order valence-corrected chi connectivity index (χ2v) is 11.2. The van der Waals surface area contributed by atoms with Gasteiger partial charge in [-0.2, -0.15) is 0 Å². The van der Waals surface area contributed by atoms with Gasteiger partial charge in [0.05, 0.1) is 0 Å². The smallest absolute Gasteiger partial charge is 0.325 e. The minimum absolute atomic E-state index is 1.20. The van der Waals surface area contributed by atoms with Crippen molar-refractivity contribution in [2.24, 2.45) is 0 Å². The summed E-state index contributed by atoms with van der Waals surface area (Å²) in [7, 11) is -4.98. The second-order valence-electron chi connectivity index (χ2n) is 4.50. The first-order valence-electron chi connectivity index (χ1n) is 4.26. The van der Waals surface area contributed by atoms with E-state index in [0.717, 1.165) is 0 Å². The summed E-state index contributed by atoms with van der Waals surface area (Å²) in [4.78, 5) is 9.54. The average molecular weight is 224 g/mol. The highest BCUT2D eigenvalue weighted by Crippen LogP contribution is 2.19. The van der Waals surface area contributed by atoms with Gasteiger partial charge in [0, 0.05) is 0 Å². The fourth-order valence-corrected chi connectivity index (χ4v) is 7.41. The standard InChI is InChI=1S/C7H20O4Si2/c1-7(2,8)10-13(5,6)11-12(3,4)9/h8-9H,1-6H3. The third-order valence-electron chi connectivity index (χ3n) is 0.991. The van der Waals surface area contributed by atoms with E-state index in [4.69, 9.17) is 8.54 Å². The minimum Gasteiger partial charge on any atom is -0.415 e. The van der Waals surface area contributed by atoms with Gasteiger partial charge in [-0.25, -0.2) is 0 Å². The normalized spacial score (nSPS) is 14.8. The molecule has 0 aromatic heterocycles. The molecule has 0 heterocycles. The Morgan fingerprint density at radius 3 is 1.69 bits per heavy atom. The summed E-state index contributed by atoms with van der Waals surface area (Å²) >= 11 is 0. The Hall–Kier alpha value is 0.274. The molecule has 13 heavy (non-hydrogen) atoms. The van der Waals surface area contributed by atoms with E-state index >= 15 is 0 Å². The van der Waals surface area contributed by atoms with Crippen LogP contribution in [0.15, 0.2) is 0 Å². The van der Waals surface area contributed by atoms with Gasteiger partial charge in [-0.1, -0.05) is 0 Å². The van der Waals surface area contributed by atoms with E-state index in [1.807, 2.05) is 0 Å². The largest absolute Gasteiger partial charge is 0.415 e. The van der Waals surface area contributed by atoms with Crippen LogP contribution < -0.4 is 0 Å². The van der Waals surface area contributed by atoms with Crippen LogP contribution in [0.1, 0.15) is 13.8 Å². The average Bonchev–Trinajstić information content (AvgIpc) is 1.43. The highest BCUT2D eigenvalue weighted by molar-refractivity contribution is 6.78. The molecule has 0 fully saturated rings. The Kier molecular flexibility index (Phi) is 3.88. The molecule has 80 valence electrons. The maximum atomic E-state index is 9.54. The fourth-order valence-electron chi connectivity index (χ4n) is 1.22. The van der Waals surface area contributed by atoms with Crippen molar-refractivity contribution in [1.29, 1.82) is 0 Å². The van der Waals surface area contributed by atoms with Crippen LogP contribution in [0.4, 0.5) is 0 Å². The van der Waals surface area contributed by atoms with Crippen molar-refractivity contribution in [2.45, 2.75) is 45.8 Å². The maximum absolute atomic E-state index is 9.54. The molecule has 0 spiro atoms. The van der Waals surface area contributed by atoms with Crippen LogP contribution in [0.2, 0.25) is 26.2 Å². The first kappa shape index (κ1) is 13.3. The van der Waals surface area contributed by atoms with Crippen LogP contribution in [0.25, 0.3) is 0 Å². The topological polar surface area (TPSA) is 58.9 Å². The first-order valence-corrected chi connectivity index (χ1v) is 9.94. The summed E-state index contributed by atoms with van der Waals surface area (Å²) in [6.45, 7) is 10.1. The zero-order chi connectivity index (χ0) is 10.9. The molecule has 6 heteroatoms. The summed E-state index contributed by atoms with van der Waals surface area (Å²) < 4.78 is 10.8. The van der Waals surface area contributed by atoms with Crippen molar-refractivity contribution < 1.29 is 18.4 Å². The molecule has 0 saturated heterocycles. The highest BCUT2D eigenvalue weighted by atomic mass is 28.5. The second kappa shape index (κ2) is 3.80. The van der Waals surface area contributed by atoms with Crippen molar-refractivity contribution in [3.8, 4) is 0 Å². The van der Waals surface area contributed by atoms with Gasteiger partial charge in [-0.3, -0.25) is 0 Å². The number of hydrogen-bond donors (Lipinski definition) is 2. The van der Waals surface area contributed by atoms with Gasteiger partial charge in [0.2, 0.25) is 0 Å². The minimum atomic E-state index is -2.57. The van der Waals surface area contributed by atoms with Crippen LogP contribution in [0.5, 0.6) is 0 Å². The molecule has 0 aliphatic heterocycles. The highest BCUT2D eigenvalue weighted by Gasteiger charge is 2.37. The quantitative estimate of drug-likeness (QED) is 0.555. The molecule has 4 nitrogen and oxygen atoms in total. The monoisotopic (exact) mass is 224 g/mol. The molecule has 0 aliphatic rings. The third-order valence-corrected chi connectivity index (χ3v) is 5.95. The molecular weight excluding hydrogens is 204 g/mol. The van der Waals surface area contributed by atoms with Gasteiger partial charge in [0.25, 0.3) is 0 Å². The zero-order valence-corrected chi connectivity index (χ0v) is 11.2. The lowest BCUT2D eigenvalue weighted by atomic mass is 10.4. The maximum Gasteiger partial charge on any atom is 0.325 e. The van der Waals surface area contributed by atoms with Gasteiger partial charge in [-0.05, 0) is 40.0 Å². The molecule has 0 atom stereocenters. The lowest BCUT2D eigenvalue weighted by Gasteiger charge is -2.34. The molecular formula is C7H20O4Si2. The van der Waals surface area contributed by atoms with E-state index in [9.17, 15) is 9.90 Å². The van der Waals surface area contributed by atoms with Gasteiger partial charge in [0.15, 0.2) is 5.79 Å². The summed E-state index contributed by atoms with van der Waals surface area (Å²) in [5.74, 6) is -1.20. The molecule has 0 unspecified atom stereocenters. The molecule has 0 rings (SSSR count). The van der Waals surface area contributed by atoms with Crippen molar-refractivity contribution in [3.63, 3.8) is 0 Å².